The molecule has 0 aliphatic carbocycles. The lowest BCUT2D eigenvalue weighted by Crippen LogP contribution is -2.47. The van der Waals surface area contributed by atoms with Crippen molar-refractivity contribution in [1.82, 2.24) is 9.78 Å². The van der Waals surface area contributed by atoms with E-state index in [1.165, 1.54) is 4.68 Å². The zero-order chi connectivity index (χ0) is 18.9. The van der Waals surface area contributed by atoms with E-state index in [2.05, 4.69) is 27.0 Å². The van der Waals surface area contributed by atoms with Crippen LogP contribution in [0.1, 0.15) is 20.8 Å². The summed E-state index contributed by atoms with van der Waals surface area (Å²) >= 11 is 6.38. The third kappa shape index (κ3) is 3.65. The van der Waals surface area contributed by atoms with E-state index in [0.29, 0.717) is 5.69 Å². The molecule has 7 heteroatoms. The fraction of sp³-hybridized carbons (Fsp3) is 0.474. The maximum absolute atomic E-state index is 12.5. The maximum atomic E-state index is 12.5. The second kappa shape index (κ2) is 7.19. The van der Waals surface area contributed by atoms with Crippen molar-refractivity contribution in [3.05, 3.63) is 45.8 Å². The van der Waals surface area contributed by atoms with Gasteiger partial charge in [0.15, 0.2) is 0 Å². The topological polar surface area (TPSA) is 50.6 Å². The highest BCUT2D eigenvalue weighted by molar-refractivity contribution is 6.33. The van der Waals surface area contributed by atoms with Gasteiger partial charge < -0.3 is 14.5 Å². The van der Waals surface area contributed by atoms with Crippen LogP contribution in [0.25, 0.3) is 0 Å². The predicted octanol–water partition coefficient (Wildman–Crippen LogP) is 2.99. The molecule has 1 aromatic heterocycles. The fourth-order valence-corrected chi connectivity index (χ4v) is 3.37. The van der Waals surface area contributed by atoms with Gasteiger partial charge in [0.25, 0.3) is 5.56 Å². The molecule has 2 aromatic rings. The van der Waals surface area contributed by atoms with E-state index in [0.717, 1.165) is 37.6 Å². The van der Waals surface area contributed by atoms with Gasteiger partial charge in [0, 0.05) is 31.9 Å². The van der Waals surface area contributed by atoms with Crippen LogP contribution in [0.15, 0.2) is 35.3 Å². The van der Waals surface area contributed by atoms with Crippen molar-refractivity contribution in [3.63, 3.8) is 0 Å². The Kier molecular flexibility index (Phi) is 5.14. The molecule has 6 nitrogen and oxygen atoms in total. The quantitative estimate of drug-likeness (QED) is 0.824. The van der Waals surface area contributed by atoms with Crippen LogP contribution < -0.4 is 20.1 Å². The second-order valence-corrected chi connectivity index (χ2v) is 7.78. The summed E-state index contributed by atoms with van der Waals surface area (Å²) < 4.78 is 6.65. The Hall–Kier alpha value is -2.21. The molecule has 1 aliphatic heterocycles. The van der Waals surface area contributed by atoms with Gasteiger partial charge in [-0.2, -0.15) is 5.10 Å². The first-order chi connectivity index (χ1) is 12.3. The molecular weight excluding hydrogens is 352 g/mol. The number of nitrogens with zero attached hydrogens (tertiary/aromatic N) is 4. The van der Waals surface area contributed by atoms with E-state index < -0.39 is 5.54 Å². The Morgan fingerprint density at radius 3 is 2.15 bits per heavy atom. The van der Waals surface area contributed by atoms with Gasteiger partial charge in [-0.15, -0.1) is 0 Å². The van der Waals surface area contributed by atoms with E-state index in [1.807, 2.05) is 32.9 Å². The number of hydrogen-bond acceptors (Lipinski definition) is 5. The number of halogens is 1. The number of anilines is 2. The lowest BCUT2D eigenvalue weighted by Gasteiger charge is -2.37. The lowest BCUT2D eigenvalue weighted by molar-refractivity contribution is 0.338. The average molecular weight is 377 g/mol. The third-order valence-electron chi connectivity index (χ3n) is 4.59. The predicted molar refractivity (Wildman–Crippen MR) is 106 cm³/mol. The number of benzene rings is 1. The largest absolute Gasteiger partial charge is 0.497 e. The molecular formula is C19H25ClN4O2. The van der Waals surface area contributed by atoms with E-state index in [-0.39, 0.29) is 10.6 Å². The zero-order valence-corrected chi connectivity index (χ0v) is 16.5. The molecule has 0 atom stereocenters. The first-order valence-electron chi connectivity index (χ1n) is 8.73. The smallest absolute Gasteiger partial charge is 0.288 e. The summed E-state index contributed by atoms with van der Waals surface area (Å²) in [5, 5.41) is 4.58. The number of hydrogen-bond donors (Lipinski definition) is 0. The monoisotopic (exact) mass is 376 g/mol. The molecule has 140 valence electrons. The molecule has 0 unspecified atom stereocenters. The van der Waals surface area contributed by atoms with Crippen LogP contribution in [0.2, 0.25) is 5.02 Å². The van der Waals surface area contributed by atoms with Crippen LogP contribution in [0.5, 0.6) is 5.75 Å². The molecule has 0 amide bonds. The minimum absolute atomic E-state index is 0.241. The Morgan fingerprint density at radius 1 is 1.04 bits per heavy atom. The van der Waals surface area contributed by atoms with Gasteiger partial charge in [-0.1, -0.05) is 11.6 Å². The van der Waals surface area contributed by atoms with E-state index >= 15 is 0 Å². The number of piperazine rings is 1. The van der Waals surface area contributed by atoms with E-state index in [4.69, 9.17) is 16.3 Å². The molecule has 1 fully saturated rings. The molecule has 2 heterocycles. The maximum Gasteiger partial charge on any atom is 0.288 e. The molecule has 1 aliphatic rings. The third-order valence-corrected chi connectivity index (χ3v) is 4.95. The van der Waals surface area contributed by atoms with Gasteiger partial charge in [0.1, 0.15) is 10.8 Å². The standard InChI is InChI=1S/C19H25ClN4O2/c1-19(2,3)24-18(25)17(20)16(13-21-24)23-11-9-22(10-12-23)14-5-7-15(26-4)8-6-14/h5-8,13H,9-12H2,1-4H3. The number of rotatable bonds is 3. The van der Waals surface area contributed by atoms with Gasteiger partial charge in [0.05, 0.1) is 24.5 Å². The minimum Gasteiger partial charge on any atom is -0.497 e. The lowest BCUT2D eigenvalue weighted by atomic mass is 10.1. The number of methoxy groups -OCH3 is 1. The molecule has 0 N–H and O–H groups in total. The van der Waals surface area contributed by atoms with Crippen molar-refractivity contribution in [2.45, 2.75) is 26.3 Å². The first kappa shape index (κ1) is 18.6. The van der Waals surface area contributed by atoms with Crippen molar-refractivity contribution in [2.24, 2.45) is 0 Å². The number of ether oxygens (including phenoxy) is 1. The van der Waals surface area contributed by atoms with Crippen LogP contribution >= 0.6 is 11.6 Å². The van der Waals surface area contributed by atoms with Gasteiger partial charge in [-0.05, 0) is 45.0 Å². The van der Waals surface area contributed by atoms with Gasteiger partial charge >= 0.3 is 0 Å². The Labute approximate surface area is 158 Å². The summed E-state index contributed by atoms with van der Waals surface area (Å²) in [4.78, 5) is 17.0. The van der Waals surface area contributed by atoms with Crippen LogP contribution in [0.3, 0.4) is 0 Å². The summed E-state index contributed by atoms with van der Waals surface area (Å²) in [5.74, 6) is 0.852. The fourth-order valence-electron chi connectivity index (χ4n) is 3.12. The summed E-state index contributed by atoms with van der Waals surface area (Å²) in [7, 11) is 1.67. The molecule has 1 saturated heterocycles. The molecule has 26 heavy (non-hydrogen) atoms. The highest BCUT2D eigenvalue weighted by Gasteiger charge is 2.24. The second-order valence-electron chi connectivity index (χ2n) is 7.40. The van der Waals surface area contributed by atoms with Gasteiger partial charge in [0.2, 0.25) is 0 Å². The summed E-state index contributed by atoms with van der Waals surface area (Å²) in [6, 6.07) is 8.06. The first-order valence-corrected chi connectivity index (χ1v) is 9.11. The van der Waals surface area contributed by atoms with Gasteiger partial charge in [-0.25, -0.2) is 4.68 Å². The summed E-state index contributed by atoms with van der Waals surface area (Å²) in [6.45, 7) is 9.08. The highest BCUT2D eigenvalue weighted by atomic mass is 35.5. The van der Waals surface area contributed by atoms with Crippen molar-refractivity contribution in [3.8, 4) is 5.75 Å². The SMILES string of the molecule is COc1ccc(N2CCN(c3cnn(C(C)(C)C)c(=O)c3Cl)CC2)cc1. The molecule has 0 radical (unpaired) electrons. The Bertz CT molecular complexity index is 819. The van der Waals surface area contributed by atoms with E-state index in [9.17, 15) is 4.79 Å². The molecule has 0 bridgehead atoms. The molecule has 0 spiro atoms. The zero-order valence-electron chi connectivity index (χ0n) is 15.7. The average Bonchev–Trinajstić information content (AvgIpc) is 2.63. The van der Waals surface area contributed by atoms with Crippen molar-refractivity contribution >= 4 is 23.0 Å². The molecule has 1 aromatic carbocycles. The Balaban J connectivity index is 1.74. The molecule has 0 saturated carbocycles. The summed E-state index contributed by atoms with van der Waals surface area (Å²) in [6.07, 6.45) is 1.71. The van der Waals surface area contributed by atoms with Crippen molar-refractivity contribution in [1.29, 1.82) is 0 Å². The van der Waals surface area contributed by atoms with Crippen molar-refractivity contribution < 1.29 is 4.74 Å². The van der Waals surface area contributed by atoms with Crippen LogP contribution in [0.4, 0.5) is 11.4 Å². The minimum atomic E-state index is -0.397. The normalized spacial score (nSPS) is 15.3. The molecule has 3 rings (SSSR count). The number of aromatic nitrogens is 2. The highest BCUT2D eigenvalue weighted by Crippen LogP contribution is 2.26. The Morgan fingerprint density at radius 2 is 1.62 bits per heavy atom. The van der Waals surface area contributed by atoms with Crippen LogP contribution in [-0.2, 0) is 5.54 Å². The van der Waals surface area contributed by atoms with Crippen LogP contribution in [0, 0.1) is 0 Å². The van der Waals surface area contributed by atoms with Gasteiger partial charge in [-0.3, -0.25) is 4.79 Å². The van der Waals surface area contributed by atoms with Crippen molar-refractivity contribution in [2.75, 3.05) is 43.1 Å². The van der Waals surface area contributed by atoms with Crippen LogP contribution in [-0.4, -0.2) is 43.1 Å². The van der Waals surface area contributed by atoms with E-state index in [1.54, 1.807) is 13.3 Å². The summed E-state index contributed by atoms with van der Waals surface area (Å²) in [5.41, 5.74) is 1.24.